The van der Waals surface area contributed by atoms with Crippen molar-refractivity contribution in [3.8, 4) is 17.6 Å². The molecule has 0 aliphatic heterocycles. The van der Waals surface area contributed by atoms with Crippen molar-refractivity contribution in [2.75, 3.05) is 19.5 Å². The lowest BCUT2D eigenvalue weighted by molar-refractivity contribution is -0.118. The largest absolute Gasteiger partial charge is 0.479 e. The van der Waals surface area contributed by atoms with Crippen LogP contribution in [-0.4, -0.2) is 40.4 Å². The molecule has 40 heavy (non-hydrogen) atoms. The predicted molar refractivity (Wildman–Crippen MR) is 145 cm³/mol. The normalized spacial score (nSPS) is 14.4. The van der Waals surface area contributed by atoms with E-state index in [2.05, 4.69) is 15.3 Å². The van der Waals surface area contributed by atoms with Crippen LogP contribution >= 0.6 is 11.6 Å². The van der Waals surface area contributed by atoms with E-state index in [0.717, 1.165) is 23.3 Å². The maximum Gasteiger partial charge on any atom is 0.319 e. The van der Waals surface area contributed by atoms with E-state index in [1.807, 2.05) is 13.8 Å². The van der Waals surface area contributed by atoms with Gasteiger partial charge in [0.2, 0.25) is 5.88 Å². The highest BCUT2D eigenvalue weighted by Gasteiger charge is 2.39. The first-order valence-electron chi connectivity index (χ1n) is 12.4. The smallest absolute Gasteiger partial charge is 0.319 e. The van der Waals surface area contributed by atoms with Gasteiger partial charge in [-0.05, 0) is 41.3 Å². The summed E-state index contributed by atoms with van der Waals surface area (Å²) in [4.78, 5) is 35.8. The monoisotopic (exact) mass is 566 g/mol. The first-order chi connectivity index (χ1) is 19.1. The summed E-state index contributed by atoms with van der Waals surface area (Å²) in [6, 6.07) is 8.42. The molecule has 2 aromatic carbocycles. The molecule has 0 radical (unpaired) electrons. The third-order valence-electron chi connectivity index (χ3n) is 6.79. The van der Waals surface area contributed by atoms with E-state index >= 15 is 0 Å². The molecule has 5 rings (SSSR count). The Morgan fingerprint density at radius 3 is 2.58 bits per heavy atom. The quantitative estimate of drug-likeness (QED) is 0.301. The van der Waals surface area contributed by atoms with Gasteiger partial charge in [0.05, 0.1) is 31.9 Å². The van der Waals surface area contributed by atoms with Crippen molar-refractivity contribution in [1.29, 1.82) is 0 Å². The summed E-state index contributed by atoms with van der Waals surface area (Å²) in [6.45, 7) is 3.87. The van der Waals surface area contributed by atoms with E-state index in [1.165, 1.54) is 26.5 Å². The number of fused-ring (bicyclic) bond motifs is 1. The standard InChI is InChI=1S/C29H25ClF2N4O4/c1-14(2)26-25(24-18-7-5-16(30)9-15(18)10-23(24)37)19(27(38)34-17-6-8-20(31)21(32)11-17)13-36(26)22-12-33-29(40-4)35-28(22)39-3/h5-9,11-14,24H,10H2,1-4H3,(H,34,38). The number of carbonyl (C=O) groups is 2. The summed E-state index contributed by atoms with van der Waals surface area (Å²) >= 11 is 6.21. The maximum atomic E-state index is 13.9. The number of rotatable bonds is 7. The topological polar surface area (TPSA) is 95.3 Å². The van der Waals surface area contributed by atoms with Crippen molar-refractivity contribution < 1.29 is 27.8 Å². The molecule has 0 spiro atoms. The lowest BCUT2D eigenvalue weighted by atomic mass is 9.86. The van der Waals surface area contributed by atoms with Crippen molar-refractivity contribution in [2.24, 2.45) is 0 Å². The number of halogens is 3. The first-order valence-corrected chi connectivity index (χ1v) is 12.8. The molecule has 1 unspecified atom stereocenters. The number of Topliss-reactive ketones (excluding diaryl/α,β-unsaturated/α-hetero) is 1. The van der Waals surface area contributed by atoms with Gasteiger partial charge in [0.1, 0.15) is 11.5 Å². The Morgan fingerprint density at radius 2 is 1.90 bits per heavy atom. The number of aromatic nitrogens is 3. The van der Waals surface area contributed by atoms with Crippen LogP contribution in [0.1, 0.15) is 58.4 Å². The lowest BCUT2D eigenvalue weighted by Crippen LogP contribution is -2.18. The minimum atomic E-state index is -1.10. The van der Waals surface area contributed by atoms with Gasteiger partial charge in [-0.25, -0.2) is 13.8 Å². The van der Waals surface area contributed by atoms with Crippen LogP contribution in [0.5, 0.6) is 11.9 Å². The Labute approximate surface area is 233 Å². The molecular formula is C29H25ClF2N4O4. The fourth-order valence-electron chi connectivity index (χ4n) is 5.13. The van der Waals surface area contributed by atoms with Gasteiger partial charge < -0.3 is 19.4 Å². The molecule has 1 amide bonds. The number of hydrogen-bond acceptors (Lipinski definition) is 6. The number of nitrogens with one attached hydrogen (secondary N) is 1. The van der Waals surface area contributed by atoms with E-state index in [-0.39, 0.29) is 41.3 Å². The minimum absolute atomic E-state index is 0.0592. The first kappa shape index (κ1) is 27.3. The molecule has 4 aromatic rings. The molecule has 11 heteroatoms. The average Bonchev–Trinajstić information content (AvgIpc) is 3.46. The number of hydrogen-bond donors (Lipinski definition) is 1. The van der Waals surface area contributed by atoms with Crippen molar-refractivity contribution in [1.82, 2.24) is 14.5 Å². The lowest BCUT2D eigenvalue weighted by Gasteiger charge is -2.20. The fraction of sp³-hybridized carbons (Fsp3) is 0.241. The van der Waals surface area contributed by atoms with E-state index in [0.29, 0.717) is 22.0 Å². The minimum Gasteiger partial charge on any atom is -0.479 e. The number of ether oxygens (including phenoxy) is 2. The molecule has 1 atom stereocenters. The zero-order valence-electron chi connectivity index (χ0n) is 22.1. The number of carbonyl (C=O) groups excluding carboxylic acids is 2. The number of nitrogens with zero attached hydrogens (tertiary/aromatic N) is 3. The Hall–Kier alpha value is -4.31. The summed E-state index contributed by atoms with van der Waals surface area (Å²) in [6.07, 6.45) is 3.23. The number of amides is 1. The number of ketones is 1. The number of methoxy groups -OCH3 is 2. The molecule has 2 heterocycles. The summed E-state index contributed by atoms with van der Waals surface area (Å²) in [5.74, 6) is -3.60. The summed E-state index contributed by atoms with van der Waals surface area (Å²) < 4.78 is 39.8. The highest BCUT2D eigenvalue weighted by atomic mass is 35.5. The maximum absolute atomic E-state index is 13.9. The van der Waals surface area contributed by atoms with E-state index in [4.69, 9.17) is 21.1 Å². The molecule has 206 valence electrons. The molecule has 0 bridgehead atoms. The summed E-state index contributed by atoms with van der Waals surface area (Å²) in [7, 11) is 2.87. The zero-order valence-corrected chi connectivity index (χ0v) is 22.8. The van der Waals surface area contributed by atoms with Crippen LogP contribution in [-0.2, 0) is 11.2 Å². The molecule has 1 aliphatic rings. The van der Waals surface area contributed by atoms with Crippen LogP contribution < -0.4 is 14.8 Å². The van der Waals surface area contributed by atoms with Crippen LogP contribution in [0.4, 0.5) is 14.5 Å². The average molecular weight is 567 g/mol. The predicted octanol–water partition coefficient (Wildman–Crippen LogP) is 5.85. The SMILES string of the molecule is COc1ncc(-n2cc(C(=O)Nc3ccc(F)c(F)c3)c(C3C(=O)Cc4cc(Cl)ccc43)c2C(C)C)c(OC)n1. The van der Waals surface area contributed by atoms with Gasteiger partial charge in [0.15, 0.2) is 11.6 Å². The van der Waals surface area contributed by atoms with E-state index < -0.39 is 23.5 Å². The van der Waals surface area contributed by atoms with Gasteiger partial charge >= 0.3 is 6.01 Å². The summed E-state index contributed by atoms with van der Waals surface area (Å²) in [5.41, 5.74) is 3.32. The van der Waals surface area contributed by atoms with Crippen molar-refractivity contribution >= 4 is 29.0 Å². The number of anilines is 1. The van der Waals surface area contributed by atoms with Crippen LogP contribution in [0.3, 0.4) is 0 Å². The zero-order chi connectivity index (χ0) is 28.7. The van der Waals surface area contributed by atoms with E-state index in [9.17, 15) is 18.4 Å². The molecule has 8 nitrogen and oxygen atoms in total. The molecular weight excluding hydrogens is 542 g/mol. The highest BCUT2D eigenvalue weighted by Crippen LogP contribution is 2.44. The third-order valence-corrected chi connectivity index (χ3v) is 7.03. The van der Waals surface area contributed by atoms with Crippen molar-refractivity contribution in [3.05, 3.63) is 93.4 Å². The van der Waals surface area contributed by atoms with Gasteiger partial charge in [0.25, 0.3) is 5.91 Å². The van der Waals surface area contributed by atoms with Crippen LogP contribution in [0.2, 0.25) is 5.02 Å². The van der Waals surface area contributed by atoms with Gasteiger partial charge in [-0.3, -0.25) is 9.59 Å². The highest BCUT2D eigenvalue weighted by molar-refractivity contribution is 6.30. The van der Waals surface area contributed by atoms with Crippen LogP contribution in [0.25, 0.3) is 5.69 Å². The van der Waals surface area contributed by atoms with Crippen LogP contribution in [0, 0.1) is 11.6 Å². The second-order valence-electron chi connectivity index (χ2n) is 9.62. The molecule has 2 aromatic heterocycles. The molecule has 0 fully saturated rings. The third kappa shape index (κ3) is 4.79. The molecule has 1 N–H and O–H groups in total. The Morgan fingerprint density at radius 1 is 1.12 bits per heavy atom. The summed E-state index contributed by atoms with van der Waals surface area (Å²) in [5, 5.41) is 3.15. The Balaban J connectivity index is 1.75. The second kappa shape index (κ2) is 10.7. The molecule has 0 saturated carbocycles. The Kier molecular flexibility index (Phi) is 7.29. The Bertz CT molecular complexity index is 1650. The van der Waals surface area contributed by atoms with Crippen LogP contribution in [0.15, 0.2) is 48.8 Å². The molecule has 1 aliphatic carbocycles. The van der Waals surface area contributed by atoms with Gasteiger partial charge in [0, 0.05) is 40.7 Å². The second-order valence-corrected chi connectivity index (χ2v) is 10.1. The van der Waals surface area contributed by atoms with E-state index in [1.54, 1.807) is 29.0 Å². The van der Waals surface area contributed by atoms with Gasteiger partial charge in [-0.2, -0.15) is 4.98 Å². The van der Waals surface area contributed by atoms with Gasteiger partial charge in [-0.15, -0.1) is 0 Å². The van der Waals surface area contributed by atoms with Crippen molar-refractivity contribution in [3.63, 3.8) is 0 Å². The van der Waals surface area contributed by atoms with Crippen molar-refractivity contribution in [2.45, 2.75) is 32.1 Å². The fourth-order valence-corrected chi connectivity index (χ4v) is 5.32. The van der Waals surface area contributed by atoms with Gasteiger partial charge in [-0.1, -0.05) is 31.5 Å². The molecule has 0 saturated heterocycles. The number of benzene rings is 2.